The SMILES string of the molecule is CN(C)C=Nc1cc(OCc2cccc(S(C)(=O)=O)c2)c(Br)cc1C#N. The highest BCUT2D eigenvalue weighted by atomic mass is 79.9. The summed E-state index contributed by atoms with van der Waals surface area (Å²) in [6, 6.07) is 12.0. The lowest BCUT2D eigenvalue weighted by atomic mass is 10.2. The molecule has 136 valence electrons. The number of sulfone groups is 1. The predicted molar refractivity (Wildman–Crippen MR) is 105 cm³/mol. The van der Waals surface area contributed by atoms with Gasteiger partial charge in [0.25, 0.3) is 0 Å². The molecule has 2 aromatic rings. The fraction of sp³-hybridized carbons (Fsp3) is 0.222. The number of nitriles is 1. The Bertz CT molecular complexity index is 980. The molecule has 26 heavy (non-hydrogen) atoms. The minimum absolute atomic E-state index is 0.185. The van der Waals surface area contributed by atoms with Crippen LogP contribution >= 0.6 is 15.9 Å². The van der Waals surface area contributed by atoms with Crippen molar-refractivity contribution >= 4 is 37.8 Å². The number of nitrogens with zero attached hydrogens (tertiary/aromatic N) is 3. The molecule has 0 saturated carbocycles. The zero-order valence-electron chi connectivity index (χ0n) is 14.6. The molecule has 0 aliphatic carbocycles. The third-order valence-corrected chi connectivity index (χ3v) is 5.05. The van der Waals surface area contributed by atoms with Gasteiger partial charge in [0.05, 0.1) is 27.0 Å². The Hall–Kier alpha value is -2.37. The lowest BCUT2D eigenvalue weighted by molar-refractivity contribution is 0.304. The third-order valence-electron chi connectivity index (χ3n) is 3.32. The maximum Gasteiger partial charge on any atom is 0.175 e. The number of halogens is 1. The van der Waals surface area contributed by atoms with E-state index >= 15 is 0 Å². The number of hydrogen-bond acceptors (Lipinski definition) is 5. The van der Waals surface area contributed by atoms with Gasteiger partial charge < -0.3 is 9.64 Å². The Kier molecular flexibility index (Phi) is 6.40. The van der Waals surface area contributed by atoms with Crippen molar-refractivity contribution in [3.05, 3.63) is 52.0 Å². The van der Waals surface area contributed by atoms with E-state index in [-0.39, 0.29) is 11.5 Å². The van der Waals surface area contributed by atoms with Crippen LogP contribution in [0.15, 0.2) is 50.8 Å². The molecule has 2 rings (SSSR count). The fourth-order valence-electron chi connectivity index (χ4n) is 2.05. The topological polar surface area (TPSA) is 82.8 Å². The largest absolute Gasteiger partial charge is 0.488 e. The van der Waals surface area contributed by atoms with E-state index in [4.69, 9.17) is 4.74 Å². The van der Waals surface area contributed by atoms with Gasteiger partial charge in [0, 0.05) is 26.4 Å². The number of rotatable bonds is 6. The second kappa shape index (κ2) is 8.34. The summed E-state index contributed by atoms with van der Waals surface area (Å²) >= 11 is 3.39. The lowest BCUT2D eigenvalue weighted by Crippen LogP contribution is -2.07. The first-order valence-corrected chi connectivity index (χ1v) is 10.2. The Morgan fingerprint density at radius 3 is 2.65 bits per heavy atom. The maximum absolute atomic E-state index is 11.7. The summed E-state index contributed by atoms with van der Waals surface area (Å²) in [6.45, 7) is 0.185. The van der Waals surface area contributed by atoms with E-state index in [1.165, 1.54) is 6.26 Å². The molecule has 0 bridgehead atoms. The Morgan fingerprint density at radius 2 is 2.04 bits per heavy atom. The van der Waals surface area contributed by atoms with Crippen LogP contribution in [0.2, 0.25) is 0 Å². The molecule has 0 aliphatic heterocycles. The monoisotopic (exact) mass is 435 g/mol. The normalized spacial score (nSPS) is 11.3. The van der Waals surface area contributed by atoms with Crippen LogP contribution in [-0.2, 0) is 16.4 Å². The summed E-state index contributed by atoms with van der Waals surface area (Å²) in [5.41, 5.74) is 1.63. The van der Waals surface area contributed by atoms with Crippen molar-refractivity contribution in [1.82, 2.24) is 4.90 Å². The first kappa shape index (κ1) is 19.9. The second-order valence-electron chi connectivity index (χ2n) is 5.83. The lowest BCUT2D eigenvalue weighted by Gasteiger charge is -2.11. The van der Waals surface area contributed by atoms with E-state index in [0.717, 1.165) is 5.56 Å². The van der Waals surface area contributed by atoms with Gasteiger partial charge in [-0.1, -0.05) is 12.1 Å². The summed E-state index contributed by atoms with van der Waals surface area (Å²) in [5, 5.41) is 9.26. The van der Waals surface area contributed by atoms with Crippen molar-refractivity contribution < 1.29 is 13.2 Å². The van der Waals surface area contributed by atoms with Crippen LogP contribution in [0.1, 0.15) is 11.1 Å². The van der Waals surface area contributed by atoms with E-state index in [9.17, 15) is 13.7 Å². The fourth-order valence-corrected chi connectivity index (χ4v) is 3.20. The van der Waals surface area contributed by atoms with Crippen molar-refractivity contribution in [2.24, 2.45) is 4.99 Å². The molecule has 0 N–H and O–H groups in total. The summed E-state index contributed by atoms with van der Waals surface area (Å²) in [4.78, 5) is 6.29. The summed E-state index contributed by atoms with van der Waals surface area (Å²) in [6.07, 6.45) is 2.77. The van der Waals surface area contributed by atoms with Crippen molar-refractivity contribution in [1.29, 1.82) is 5.26 Å². The van der Waals surface area contributed by atoms with Gasteiger partial charge in [0.1, 0.15) is 18.4 Å². The molecule has 0 unspecified atom stereocenters. The summed E-state index contributed by atoms with van der Waals surface area (Å²) in [5.74, 6) is 0.514. The molecular formula is C18H18BrN3O3S. The summed E-state index contributed by atoms with van der Waals surface area (Å²) in [7, 11) is 0.396. The van der Waals surface area contributed by atoms with E-state index < -0.39 is 9.84 Å². The average molecular weight is 436 g/mol. The van der Waals surface area contributed by atoms with Crippen LogP contribution < -0.4 is 4.74 Å². The zero-order valence-corrected chi connectivity index (χ0v) is 17.0. The van der Waals surface area contributed by atoms with E-state index in [1.54, 1.807) is 47.6 Å². The minimum atomic E-state index is -3.27. The molecule has 0 aliphatic rings. The molecule has 2 aromatic carbocycles. The quantitative estimate of drug-likeness (QED) is 0.511. The van der Waals surface area contributed by atoms with Gasteiger partial charge in [-0.25, -0.2) is 13.4 Å². The predicted octanol–water partition coefficient (Wildman–Crippen LogP) is 3.52. The molecule has 0 aromatic heterocycles. The maximum atomic E-state index is 11.7. The Balaban J connectivity index is 2.27. The second-order valence-corrected chi connectivity index (χ2v) is 8.70. The number of hydrogen-bond donors (Lipinski definition) is 0. The van der Waals surface area contributed by atoms with E-state index in [0.29, 0.717) is 21.5 Å². The smallest absolute Gasteiger partial charge is 0.175 e. The van der Waals surface area contributed by atoms with Crippen LogP contribution in [0.4, 0.5) is 5.69 Å². The van der Waals surface area contributed by atoms with Gasteiger partial charge in [-0.15, -0.1) is 0 Å². The molecular weight excluding hydrogens is 418 g/mol. The molecule has 0 atom stereocenters. The number of benzene rings is 2. The van der Waals surface area contributed by atoms with Gasteiger partial charge in [-0.05, 0) is 39.7 Å². The van der Waals surface area contributed by atoms with Gasteiger partial charge in [-0.2, -0.15) is 5.26 Å². The Morgan fingerprint density at radius 1 is 1.31 bits per heavy atom. The number of aliphatic imine (C=N–C) groups is 1. The molecule has 6 nitrogen and oxygen atoms in total. The van der Waals surface area contributed by atoms with Gasteiger partial charge in [0.2, 0.25) is 0 Å². The minimum Gasteiger partial charge on any atom is -0.488 e. The van der Waals surface area contributed by atoms with E-state index in [2.05, 4.69) is 27.0 Å². The van der Waals surface area contributed by atoms with Gasteiger partial charge in [0.15, 0.2) is 9.84 Å². The molecule has 8 heteroatoms. The highest BCUT2D eigenvalue weighted by molar-refractivity contribution is 9.10. The molecule has 0 heterocycles. The highest BCUT2D eigenvalue weighted by Gasteiger charge is 2.11. The van der Waals surface area contributed by atoms with Crippen molar-refractivity contribution in [2.45, 2.75) is 11.5 Å². The highest BCUT2D eigenvalue weighted by Crippen LogP contribution is 2.33. The molecule has 0 saturated heterocycles. The molecule has 0 amide bonds. The average Bonchev–Trinajstić information content (AvgIpc) is 2.58. The van der Waals surface area contributed by atoms with Crippen LogP contribution in [0, 0.1) is 11.3 Å². The molecule has 0 spiro atoms. The van der Waals surface area contributed by atoms with Crippen molar-refractivity contribution in [3.8, 4) is 11.8 Å². The third kappa shape index (κ3) is 5.31. The van der Waals surface area contributed by atoms with Crippen molar-refractivity contribution in [3.63, 3.8) is 0 Å². The Labute approximate surface area is 161 Å². The number of ether oxygens (including phenoxy) is 1. The van der Waals surface area contributed by atoms with Crippen LogP contribution in [-0.4, -0.2) is 40.0 Å². The molecule has 0 radical (unpaired) electrons. The molecule has 0 fully saturated rings. The summed E-state index contributed by atoms with van der Waals surface area (Å²) < 4.78 is 29.7. The van der Waals surface area contributed by atoms with Gasteiger partial charge >= 0.3 is 0 Å². The van der Waals surface area contributed by atoms with Gasteiger partial charge in [-0.3, -0.25) is 0 Å². The van der Waals surface area contributed by atoms with Crippen LogP contribution in [0.5, 0.6) is 5.75 Å². The zero-order chi connectivity index (χ0) is 19.3. The van der Waals surface area contributed by atoms with Crippen molar-refractivity contribution in [2.75, 3.05) is 20.4 Å². The first-order chi connectivity index (χ1) is 12.2. The van der Waals surface area contributed by atoms with Crippen LogP contribution in [0.25, 0.3) is 0 Å². The first-order valence-electron chi connectivity index (χ1n) is 7.57. The standard InChI is InChI=1S/C18H18BrN3O3S/c1-22(2)12-21-17-9-18(16(19)8-14(17)10-20)25-11-13-5-4-6-15(7-13)26(3,23)24/h4-9,12H,11H2,1-3H3. The van der Waals surface area contributed by atoms with E-state index in [1.807, 2.05) is 14.1 Å². The van der Waals surface area contributed by atoms with Crippen LogP contribution in [0.3, 0.4) is 0 Å².